The van der Waals surface area contributed by atoms with Gasteiger partial charge in [0.1, 0.15) is 30.8 Å². The molecular formula is C20H17F4N3O4. The molecule has 0 aliphatic carbocycles. The lowest BCUT2D eigenvalue weighted by molar-refractivity contribution is -0.137. The number of alkyl halides is 3. The second-order valence-electron chi connectivity index (χ2n) is 6.63. The number of rotatable bonds is 7. The Bertz CT molecular complexity index is 1150. The topological polar surface area (TPSA) is 93.5 Å². The van der Waals surface area contributed by atoms with Crippen LogP contribution >= 0.6 is 0 Å². The average molecular weight is 439 g/mol. The lowest BCUT2D eigenvalue weighted by Crippen LogP contribution is -2.38. The largest absolute Gasteiger partial charge is 0.491 e. The van der Waals surface area contributed by atoms with Gasteiger partial charge in [0, 0.05) is 6.54 Å². The SMILES string of the molecule is O=C(Cn1cnc2ccc(F)cc2c1=O)NCC(O)COc1cccc(C(F)(F)F)c1. The van der Waals surface area contributed by atoms with Gasteiger partial charge in [-0.25, -0.2) is 9.37 Å². The van der Waals surface area contributed by atoms with Crippen molar-refractivity contribution in [3.05, 3.63) is 70.5 Å². The fourth-order valence-corrected chi connectivity index (χ4v) is 2.70. The van der Waals surface area contributed by atoms with E-state index in [1.807, 2.05) is 0 Å². The first kappa shape index (κ1) is 22.2. The maximum atomic E-state index is 13.3. The van der Waals surface area contributed by atoms with E-state index in [0.717, 1.165) is 35.2 Å². The van der Waals surface area contributed by atoms with Gasteiger partial charge in [0.25, 0.3) is 5.56 Å². The lowest BCUT2D eigenvalue weighted by Gasteiger charge is -2.15. The van der Waals surface area contributed by atoms with Crippen molar-refractivity contribution in [2.24, 2.45) is 0 Å². The number of nitrogens with zero attached hydrogens (tertiary/aromatic N) is 2. The van der Waals surface area contributed by atoms with Crippen LogP contribution in [0.2, 0.25) is 0 Å². The van der Waals surface area contributed by atoms with E-state index in [-0.39, 0.29) is 29.8 Å². The summed E-state index contributed by atoms with van der Waals surface area (Å²) in [5.74, 6) is -1.32. The van der Waals surface area contributed by atoms with Gasteiger partial charge in [-0.15, -0.1) is 0 Å². The molecule has 3 aromatic rings. The molecule has 2 N–H and O–H groups in total. The summed E-state index contributed by atoms with van der Waals surface area (Å²) in [5, 5.41) is 12.3. The number of carbonyl (C=O) groups is 1. The maximum Gasteiger partial charge on any atom is 0.416 e. The number of nitrogens with one attached hydrogen (secondary N) is 1. The second-order valence-corrected chi connectivity index (χ2v) is 6.63. The first-order chi connectivity index (χ1) is 14.6. The number of amides is 1. The molecule has 0 spiro atoms. The van der Waals surface area contributed by atoms with Crippen LogP contribution < -0.4 is 15.6 Å². The molecule has 31 heavy (non-hydrogen) atoms. The summed E-state index contributed by atoms with van der Waals surface area (Å²) in [6.07, 6.45) is -4.58. The van der Waals surface area contributed by atoms with Gasteiger partial charge in [0.05, 0.1) is 22.8 Å². The van der Waals surface area contributed by atoms with Crippen LogP contribution in [-0.2, 0) is 17.5 Å². The van der Waals surface area contributed by atoms with E-state index in [1.54, 1.807) is 0 Å². The number of aliphatic hydroxyl groups excluding tert-OH is 1. The highest BCUT2D eigenvalue weighted by Crippen LogP contribution is 2.31. The van der Waals surface area contributed by atoms with Crippen LogP contribution in [0.25, 0.3) is 10.9 Å². The van der Waals surface area contributed by atoms with Crippen molar-refractivity contribution in [2.75, 3.05) is 13.2 Å². The molecule has 1 amide bonds. The fourth-order valence-electron chi connectivity index (χ4n) is 2.70. The van der Waals surface area contributed by atoms with E-state index in [0.29, 0.717) is 0 Å². The van der Waals surface area contributed by atoms with E-state index in [9.17, 15) is 32.3 Å². The van der Waals surface area contributed by atoms with Crippen molar-refractivity contribution in [3.8, 4) is 5.75 Å². The van der Waals surface area contributed by atoms with Gasteiger partial charge < -0.3 is 15.2 Å². The van der Waals surface area contributed by atoms with Crippen LogP contribution in [-0.4, -0.2) is 39.8 Å². The smallest absolute Gasteiger partial charge is 0.416 e. The highest BCUT2D eigenvalue weighted by molar-refractivity contribution is 5.79. The zero-order chi connectivity index (χ0) is 22.6. The average Bonchev–Trinajstić information content (AvgIpc) is 2.73. The van der Waals surface area contributed by atoms with Crippen LogP contribution in [0.4, 0.5) is 17.6 Å². The van der Waals surface area contributed by atoms with Gasteiger partial charge in [0.2, 0.25) is 5.91 Å². The van der Waals surface area contributed by atoms with Crippen molar-refractivity contribution in [1.29, 1.82) is 0 Å². The predicted molar refractivity (Wildman–Crippen MR) is 102 cm³/mol. The van der Waals surface area contributed by atoms with Gasteiger partial charge in [-0.2, -0.15) is 13.2 Å². The number of hydrogen-bond donors (Lipinski definition) is 2. The third-order valence-corrected chi connectivity index (χ3v) is 4.24. The molecule has 0 aliphatic rings. The zero-order valence-electron chi connectivity index (χ0n) is 15.9. The first-order valence-corrected chi connectivity index (χ1v) is 9.03. The van der Waals surface area contributed by atoms with E-state index < -0.39 is 41.7 Å². The molecule has 1 aromatic heterocycles. The van der Waals surface area contributed by atoms with Gasteiger partial charge in [-0.3, -0.25) is 14.2 Å². The molecule has 3 rings (SSSR count). The Balaban J connectivity index is 1.52. The molecular weight excluding hydrogens is 422 g/mol. The number of aromatic nitrogens is 2. The number of ether oxygens (including phenoxy) is 1. The third-order valence-electron chi connectivity index (χ3n) is 4.24. The monoisotopic (exact) mass is 439 g/mol. The normalized spacial score (nSPS) is 12.5. The quantitative estimate of drug-likeness (QED) is 0.550. The molecule has 1 unspecified atom stereocenters. The Kier molecular flexibility index (Phi) is 6.54. The molecule has 0 fully saturated rings. The van der Waals surface area contributed by atoms with Crippen LogP contribution in [0.3, 0.4) is 0 Å². The number of aliphatic hydroxyl groups is 1. The number of benzene rings is 2. The van der Waals surface area contributed by atoms with E-state index >= 15 is 0 Å². The molecule has 0 radical (unpaired) electrons. The predicted octanol–water partition coefficient (Wildman–Crippen LogP) is 2.11. The molecule has 0 bridgehead atoms. The summed E-state index contributed by atoms with van der Waals surface area (Å²) >= 11 is 0. The Morgan fingerprint density at radius 3 is 2.74 bits per heavy atom. The number of carbonyl (C=O) groups excluding carboxylic acids is 1. The van der Waals surface area contributed by atoms with Crippen molar-refractivity contribution in [3.63, 3.8) is 0 Å². The molecule has 0 saturated heterocycles. The van der Waals surface area contributed by atoms with Crippen molar-refractivity contribution in [2.45, 2.75) is 18.8 Å². The molecule has 11 heteroatoms. The second kappa shape index (κ2) is 9.13. The highest BCUT2D eigenvalue weighted by Gasteiger charge is 2.30. The van der Waals surface area contributed by atoms with Crippen molar-refractivity contribution >= 4 is 16.8 Å². The Morgan fingerprint density at radius 1 is 1.23 bits per heavy atom. The molecule has 1 atom stereocenters. The van der Waals surface area contributed by atoms with Gasteiger partial charge in [0.15, 0.2) is 0 Å². The number of fused-ring (bicyclic) bond motifs is 1. The Labute approximate surface area is 172 Å². The van der Waals surface area contributed by atoms with Gasteiger partial charge in [-0.05, 0) is 36.4 Å². The number of hydrogen-bond acceptors (Lipinski definition) is 5. The van der Waals surface area contributed by atoms with Gasteiger partial charge in [-0.1, -0.05) is 6.07 Å². The fraction of sp³-hybridized carbons (Fsp3) is 0.250. The molecule has 2 aromatic carbocycles. The summed E-state index contributed by atoms with van der Waals surface area (Å²) in [4.78, 5) is 28.4. The van der Waals surface area contributed by atoms with Crippen LogP contribution in [0.1, 0.15) is 5.56 Å². The van der Waals surface area contributed by atoms with Crippen molar-refractivity contribution < 1.29 is 32.2 Å². The number of halogens is 4. The van der Waals surface area contributed by atoms with Crippen LogP contribution in [0, 0.1) is 5.82 Å². The van der Waals surface area contributed by atoms with E-state index in [2.05, 4.69) is 10.3 Å². The third kappa shape index (κ3) is 5.79. The minimum atomic E-state index is -4.52. The molecule has 7 nitrogen and oxygen atoms in total. The standard InChI is InChI=1S/C20H17F4N3O4/c21-13-4-5-17-16(7-13)19(30)27(11-26-17)9-18(29)25-8-14(28)10-31-15-3-1-2-12(6-15)20(22,23)24/h1-7,11,14,28H,8-10H2,(H,25,29). The summed E-state index contributed by atoms with van der Waals surface area (Å²) in [6.45, 7) is -1.04. The molecule has 0 aliphatic heterocycles. The van der Waals surface area contributed by atoms with E-state index in [4.69, 9.17) is 4.74 Å². The molecule has 164 valence electrons. The maximum absolute atomic E-state index is 13.3. The van der Waals surface area contributed by atoms with Crippen LogP contribution in [0.15, 0.2) is 53.6 Å². The van der Waals surface area contributed by atoms with Crippen molar-refractivity contribution in [1.82, 2.24) is 14.9 Å². The summed E-state index contributed by atoms with van der Waals surface area (Å²) in [6, 6.07) is 7.70. The summed E-state index contributed by atoms with van der Waals surface area (Å²) < 4.78 is 57.5. The lowest BCUT2D eigenvalue weighted by atomic mass is 10.2. The minimum Gasteiger partial charge on any atom is -0.491 e. The minimum absolute atomic E-state index is 0.0184. The highest BCUT2D eigenvalue weighted by atomic mass is 19.4. The Morgan fingerprint density at radius 2 is 2.00 bits per heavy atom. The molecule has 1 heterocycles. The van der Waals surface area contributed by atoms with E-state index in [1.165, 1.54) is 18.2 Å². The first-order valence-electron chi connectivity index (χ1n) is 9.03. The summed E-state index contributed by atoms with van der Waals surface area (Å²) in [5.41, 5.74) is -1.21. The van der Waals surface area contributed by atoms with Crippen LogP contribution in [0.5, 0.6) is 5.75 Å². The molecule has 0 saturated carbocycles. The summed E-state index contributed by atoms with van der Waals surface area (Å²) in [7, 11) is 0. The zero-order valence-corrected chi connectivity index (χ0v) is 15.9. The van der Waals surface area contributed by atoms with Gasteiger partial charge >= 0.3 is 6.18 Å². The Hall–Kier alpha value is -3.47.